The van der Waals surface area contributed by atoms with Crippen molar-refractivity contribution in [3.63, 3.8) is 0 Å². The Morgan fingerprint density at radius 3 is 2.71 bits per heavy atom. The molecule has 0 aliphatic heterocycles. The fraction of sp³-hybridized carbons (Fsp3) is 0.667. The minimum Gasteiger partial charge on any atom is -0.472 e. The summed E-state index contributed by atoms with van der Waals surface area (Å²) >= 11 is 0. The number of hydrogen-bond donors (Lipinski definition) is 1. The zero-order valence-electron chi connectivity index (χ0n) is 8.83. The number of rotatable bonds is 3. The lowest BCUT2D eigenvalue weighted by Gasteiger charge is -2.29. The fourth-order valence-corrected chi connectivity index (χ4v) is 2.59. The molecule has 1 aromatic heterocycles. The van der Waals surface area contributed by atoms with Gasteiger partial charge in [0.1, 0.15) is 0 Å². The summed E-state index contributed by atoms with van der Waals surface area (Å²) in [4.78, 5) is 0. The Kier molecular flexibility index (Phi) is 3.25. The van der Waals surface area contributed by atoms with Crippen molar-refractivity contribution < 1.29 is 4.42 Å². The SMILES string of the molecule is CNC(c1ccoc1)C1CCCCC1. The summed E-state index contributed by atoms with van der Waals surface area (Å²) in [6.45, 7) is 0. The molecule has 0 aromatic carbocycles. The molecule has 1 aromatic rings. The van der Waals surface area contributed by atoms with Crippen molar-refractivity contribution >= 4 is 0 Å². The van der Waals surface area contributed by atoms with Gasteiger partial charge in [-0.15, -0.1) is 0 Å². The molecule has 1 heterocycles. The summed E-state index contributed by atoms with van der Waals surface area (Å²) in [5.74, 6) is 0.798. The van der Waals surface area contributed by atoms with Gasteiger partial charge in [-0.3, -0.25) is 0 Å². The predicted octanol–water partition coefficient (Wildman–Crippen LogP) is 3.12. The molecule has 0 bridgehead atoms. The van der Waals surface area contributed by atoms with Gasteiger partial charge in [-0.25, -0.2) is 0 Å². The Bertz CT molecular complexity index is 249. The third kappa shape index (κ3) is 2.01. The van der Waals surface area contributed by atoms with E-state index in [1.165, 1.54) is 37.7 Å². The van der Waals surface area contributed by atoms with Crippen molar-refractivity contribution in [2.75, 3.05) is 7.05 Å². The molecular formula is C12H19NO. The van der Waals surface area contributed by atoms with Crippen LogP contribution in [-0.2, 0) is 0 Å². The van der Waals surface area contributed by atoms with Gasteiger partial charge in [0.15, 0.2) is 0 Å². The summed E-state index contributed by atoms with van der Waals surface area (Å²) in [7, 11) is 2.05. The molecule has 0 radical (unpaired) electrons. The van der Waals surface area contributed by atoms with E-state index in [9.17, 15) is 0 Å². The second kappa shape index (κ2) is 4.65. The Hall–Kier alpha value is -0.760. The standard InChI is InChI=1S/C12H19NO/c1-13-12(11-7-8-14-9-11)10-5-3-2-4-6-10/h7-10,12-13H,2-6H2,1H3. The van der Waals surface area contributed by atoms with E-state index in [2.05, 4.69) is 11.4 Å². The Balaban J connectivity index is 2.04. The smallest absolute Gasteiger partial charge is 0.0950 e. The molecule has 1 N–H and O–H groups in total. The molecule has 1 aliphatic rings. The third-order valence-electron chi connectivity index (χ3n) is 3.33. The average molecular weight is 193 g/mol. The van der Waals surface area contributed by atoms with Crippen LogP contribution >= 0.6 is 0 Å². The predicted molar refractivity (Wildman–Crippen MR) is 57.1 cm³/mol. The molecule has 2 nitrogen and oxygen atoms in total. The summed E-state index contributed by atoms with van der Waals surface area (Å²) in [5, 5.41) is 3.41. The van der Waals surface area contributed by atoms with Gasteiger partial charge in [-0.1, -0.05) is 19.3 Å². The van der Waals surface area contributed by atoms with E-state index in [0.29, 0.717) is 6.04 Å². The molecule has 0 saturated heterocycles. The number of furan rings is 1. The van der Waals surface area contributed by atoms with Gasteiger partial charge in [-0.2, -0.15) is 0 Å². The molecule has 0 spiro atoms. The molecule has 2 heteroatoms. The van der Waals surface area contributed by atoms with Crippen molar-refractivity contribution in [3.05, 3.63) is 24.2 Å². The molecule has 1 unspecified atom stereocenters. The van der Waals surface area contributed by atoms with Gasteiger partial charge in [0.25, 0.3) is 0 Å². The fourth-order valence-electron chi connectivity index (χ4n) is 2.59. The van der Waals surface area contributed by atoms with Crippen LogP contribution in [0.4, 0.5) is 0 Å². The Labute approximate surface area is 85.7 Å². The topological polar surface area (TPSA) is 25.2 Å². The van der Waals surface area contributed by atoms with E-state index in [4.69, 9.17) is 4.42 Å². The zero-order valence-corrected chi connectivity index (χ0v) is 8.83. The lowest BCUT2D eigenvalue weighted by atomic mass is 9.82. The second-order valence-electron chi connectivity index (χ2n) is 4.22. The minimum atomic E-state index is 0.494. The van der Waals surface area contributed by atoms with Crippen LogP contribution in [0.15, 0.2) is 23.0 Å². The zero-order chi connectivity index (χ0) is 9.80. The van der Waals surface area contributed by atoms with E-state index in [-0.39, 0.29) is 0 Å². The summed E-state index contributed by atoms with van der Waals surface area (Å²) in [5.41, 5.74) is 1.31. The van der Waals surface area contributed by atoms with Crippen molar-refractivity contribution in [2.45, 2.75) is 38.1 Å². The van der Waals surface area contributed by atoms with Gasteiger partial charge >= 0.3 is 0 Å². The van der Waals surface area contributed by atoms with E-state index in [0.717, 1.165) is 5.92 Å². The van der Waals surface area contributed by atoms with Crippen LogP contribution in [0.5, 0.6) is 0 Å². The number of nitrogens with one attached hydrogen (secondary N) is 1. The van der Waals surface area contributed by atoms with Crippen LogP contribution < -0.4 is 5.32 Å². The molecule has 2 rings (SSSR count). The van der Waals surface area contributed by atoms with Crippen molar-refractivity contribution in [2.24, 2.45) is 5.92 Å². The summed E-state index contributed by atoms with van der Waals surface area (Å²) in [6.07, 6.45) is 10.5. The first-order valence-corrected chi connectivity index (χ1v) is 5.61. The highest BCUT2D eigenvalue weighted by molar-refractivity contribution is 5.12. The van der Waals surface area contributed by atoms with Crippen LogP contribution in [0.2, 0.25) is 0 Å². The van der Waals surface area contributed by atoms with Crippen LogP contribution in [0.3, 0.4) is 0 Å². The van der Waals surface area contributed by atoms with Gasteiger partial charge in [0, 0.05) is 11.6 Å². The maximum absolute atomic E-state index is 5.15. The first kappa shape index (κ1) is 9.78. The number of hydrogen-bond acceptors (Lipinski definition) is 2. The van der Waals surface area contributed by atoms with Crippen LogP contribution in [0.1, 0.15) is 43.7 Å². The first-order valence-electron chi connectivity index (χ1n) is 5.61. The van der Waals surface area contributed by atoms with Crippen LogP contribution in [-0.4, -0.2) is 7.05 Å². The van der Waals surface area contributed by atoms with Crippen LogP contribution in [0, 0.1) is 5.92 Å². The highest BCUT2D eigenvalue weighted by Gasteiger charge is 2.24. The van der Waals surface area contributed by atoms with Crippen molar-refractivity contribution in [1.29, 1.82) is 0 Å². The maximum atomic E-state index is 5.15. The highest BCUT2D eigenvalue weighted by atomic mass is 16.3. The van der Waals surface area contributed by atoms with E-state index >= 15 is 0 Å². The molecule has 1 aliphatic carbocycles. The van der Waals surface area contributed by atoms with Gasteiger partial charge in [0.2, 0.25) is 0 Å². The van der Waals surface area contributed by atoms with Gasteiger partial charge < -0.3 is 9.73 Å². The lowest BCUT2D eigenvalue weighted by Crippen LogP contribution is -2.26. The van der Waals surface area contributed by atoms with E-state index < -0.39 is 0 Å². The molecule has 1 fully saturated rings. The largest absolute Gasteiger partial charge is 0.472 e. The molecule has 78 valence electrons. The highest BCUT2D eigenvalue weighted by Crippen LogP contribution is 2.34. The van der Waals surface area contributed by atoms with Gasteiger partial charge in [0.05, 0.1) is 12.5 Å². The molecular weight excluding hydrogens is 174 g/mol. The Morgan fingerprint density at radius 2 is 2.14 bits per heavy atom. The van der Waals surface area contributed by atoms with Gasteiger partial charge in [-0.05, 0) is 31.9 Å². The molecule has 1 atom stereocenters. The summed E-state index contributed by atoms with van der Waals surface area (Å²) < 4.78 is 5.15. The lowest BCUT2D eigenvalue weighted by molar-refractivity contribution is 0.280. The maximum Gasteiger partial charge on any atom is 0.0950 e. The third-order valence-corrected chi connectivity index (χ3v) is 3.33. The normalized spacial score (nSPS) is 20.9. The van der Waals surface area contributed by atoms with E-state index in [1.54, 1.807) is 6.26 Å². The van der Waals surface area contributed by atoms with Crippen LogP contribution in [0.25, 0.3) is 0 Å². The van der Waals surface area contributed by atoms with Crippen molar-refractivity contribution in [1.82, 2.24) is 5.32 Å². The van der Waals surface area contributed by atoms with E-state index in [1.807, 2.05) is 13.3 Å². The quantitative estimate of drug-likeness (QED) is 0.798. The minimum absolute atomic E-state index is 0.494. The average Bonchev–Trinajstić information content (AvgIpc) is 2.74. The molecule has 1 saturated carbocycles. The Morgan fingerprint density at radius 1 is 1.36 bits per heavy atom. The van der Waals surface area contributed by atoms with Crippen molar-refractivity contribution in [3.8, 4) is 0 Å². The summed E-state index contributed by atoms with van der Waals surface area (Å²) in [6, 6.07) is 2.57. The second-order valence-corrected chi connectivity index (χ2v) is 4.22. The monoisotopic (exact) mass is 193 g/mol. The first-order chi connectivity index (χ1) is 6.92. The molecule has 14 heavy (non-hydrogen) atoms. The molecule has 0 amide bonds.